The van der Waals surface area contributed by atoms with E-state index in [1.165, 1.54) is 19.2 Å². The first-order chi connectivity index (χ1) is 11.2. The van der Waals surface area contributed by atoms with Gasteiger partial charge in [-0.3, -0.25) is 4.99 Å². The highest BCUT2D eigenvalue weighted by Crippen LogP contribution is 2.25. The zero-order valence-electron chi connectivity index (χ0n) is 13.2. The summed E-state index contributed by atoms with van der Waals surface area (Å²) in [6, 6.07) is 8.11. The number of hydrogen-bond acceptors (Lipinski definition) is 5. The second kappa shape index (κ2) is 8.03. The molecule has 1 aromatic heterocycles. The molecule has 0 amide bonds. The van der Waals surface area contributed by atoms with Crippen LogP contribution in [0.3, 0.4) is 0 Å². The van der Waals surface area contributed by atoms with E-state index >= 15 is 0 Å². The molecule has 0 fully saturated rings. The van der Waals surface area contributed by atoms with Crippen molar-refractivity contribution < 1.29 is 9.13 Å². The van der Waals surface area contributed by atoms with Gasteiger partial charge >= 0.3 is 6.01 Å². The van der Waals surface area contributed by atoms with E-state index in [-0.39, 0.29) is 11.8 Å². The maximum Gasteiger partial charge on any atom is 0.316 e. The summed E-state index contributed by atoms with van der Waals surface area (Å²) in [6.45, 7) is 6.44. The Balaban J connectivity index is 2.56. The van der Waals surface area contributed by atoms with E-state index in [2.05, 4.69) is 33.9 Å². The van der Waals surface area contributed by atoms with Crippen LogP contribution in [0.25, 0.3) is 11.4 Å². The summed E-state index contributed by atoms with van der Waals surface area (Å²) in [5.74, 6) is -0.302. The molecule has 1 aromatic carbocycles. The summed E-state index contributed by atoms with van der Waals surface area (Å²) >= 11 is 0. The molecule has 0 saturated carbocycles. The molecule has 0 aliphatic rings. The largest absolute Gasteiger partial charge is 0.467 e. The predicted molar refractivity (Wildman–Crippen MR) is 89.6 cm³/mol. The van der Waals surface area contributed by atoms with Crippen molar-refractivity contribution >= 4 is 18.1 Å². The first-order valence-electron chi connectivity index (χ1n) is 7.27. The molecular formula is C17H19FN4O. The van der Waals surface area contributed by atoms with Gasteiger partial charge in [0.25, 0.3) is 0 Å². The number of ether oxygens (including phenoxy) is 1. The highest BCUT2D eigenvalue weighted by molar-refractivity contribution is 5.89. The smallest absolute Gasteiger partial charge is 0.316 e. The van der Waals surface area contributed by atoms with Crippen molar-refractivity contribution in [1.82, 2.24) is 15.3 Å². The summed E-state index contributed by atoms with van der Waals surface area (Å²) < 4.78 is 18.2. The number of aliphatic imine (C=N–C) groups is 1. The quantitative estimate of drug-likeness (QED) is 0.798. The number of aromatic nitrogens is 2. The molecule has 0 saturated heterocycles. The van der Waals surface area contributed by atoms with Crippen LogP contribution >= 0.6 is 0 Å². The fourth-order valence-corrected chi connectivity index (χ4v) is 2.05. The Morgan fingerprint density at radius 1 is 1.30 bits per heavy atom. The molecule has 6 heteroatoms. The van der Waals surface area contributed by atoms with Crippen LogP contribution in [0.1, 0.15) is 24.6 Å². The van der Waals surface area contributed by atoms with Gasteiger partial charge in [-0.1, -0.05) is 6.92 Å². The Morgan fingerprint density at radius 3 is 2.65 bits per heavy atom. The summed E-state index contributed by atoms with van der Waals surface area (Å²) in [4.78, 5) is 12.5. The second-order valence-electron chi connectivity index (χ2n) is 4.74. The van der Waals surface area contributed by atoms with E-state index < -0.39 is 0 Å². The molecule has 0 spiro atoms. The minimum Gasteiger partial charge on any atom is -0.467 e. The number of hydrogen-bond donors (Lipinski definition) is 1. The maximum absolute atomic E-state index is 13.2. The fourth-order valence-electron chi connectivity index (χ4n) is 2.05. The monoisotopic (exact) mass is 314 g/mol. The lowest BCUT2D eigenvalue weighted by atomic mass is 10.1. The number of nitrogens with one attached hydrogen (secondary N) is 1. The van der Waals surface area contributed by atoms with E-state index in [0.717, 1.165) is 18.5 Å². The van der Waals surface area contributed by atoms with Crippen molar-refractivity contribution in [3.63, 3.8) is 0 Å². The molecule has 2 rings (SSSR count). The Kier molecular flexibility index (Phi) is 5.80. The molecular weight excluding hydrogens is 295 g/mol. The number of nitrogens with zero attached hydrogens (tertiary/aromatic N) is 3. The van der Waals surface area contributed by atoms with Gasteiger partial charge in [-0.25, -0.2) is 9.37 Å². The van der Waals surface area contributed by atoms with Crippen molar-refractivity contribution in [1.29, 1.82) is 0 Å². The maximum atomic E-state index is 13.2. The third-order valence-corrected chi connectivity index (χ3v) is 3.14. The number of rotatable bonds is 7. The van der Waals surface area contributed by atoms with Crippen LogP contribution in [0.5, 0.6) is 6.01 Å². The van der Waals surface area contributed by atoms with E-state index in [1.807, 2.05) is 0 Å². The summed E-state index contributed by atoms with van der Waals surface area (Å²) in [6.07, 6.45) is 2.54. The van der Waals surface area contributed by atoms with Crippen molar-refractivity contribution in [3.8, 4) is 6.01 Å². The van der Waals surface area contributed by atoms with Crippen molar-refractivity contribution in [2.75, 3.05) is 13.7 Å². The molecule has 1 N–H and O–H groups in total. The van der Waals surface area contributed by atoms with E-state index in [4.69, 9.17) is 4.74 Å². The molecule has 0 aliphatic heterocycles. The molecule has 0 atom stereocenters. The topological polar surface area (TPSA) is 59.4 Å². The molecule has 120 valence electrons. The Labute approximate surface area is 135 Å². The first-order valence-corrected chi connectivity index (χ1v) is 7.27. The molecule has 0 unspecified atom stereocenters. The van der Waals surface area contributed by atoms with Gasteiger partial charge in [0.2, 0.25) is 0 Å². The molecule has 0 aliphatic carbocycles. The van der Waals surface area contributed by atoms with Gasteiger partial charge in [0.05, 0.1) is 24.2 Å². The highest BCUT2D eigenvalue weighted by atomic mass is 19.1. The fraction of sp³-hybridized carbons (Fsp3) is 0.235. The standard InChI is InChI=1S/C17H19FN4O/c1-4-10-20-16(14-9-11-21-17(22-14)23-3)15(19-2)12-5-7-13(18)8-6-12/h5-9,11,20H,2,4,10H2,1,3H3/b16-15-. The van der Waals surface area contributed by atoms with Gasteiger partial charge in [0.1, 0.15) is 5.82 Å². The van der Waals surface area contributed by atoms with Gasteiger partial charge in [0.15, 0.2) is 0 Å². The van der Waals surface area contributed by atoms with E-state index in [0.29, 0.717) is 17.1 Å². The lowest BCUT2D eigenvalue weighted by molar-refractivity contribution is 0.379. The van der Waals surface area contributed by atoms with Crippen molar-refractivity contribution in [3.05, 3.63) is 53.6 Å². The molecule has 2 aromatic rings. The lowest BCUT2D eigenvalue weighted by Gasteiger charge is -2.14. The highest BCUT2D eigenvalue weighted by Gasteiger charge is 2.13. The summed E-state index contributed by atoms with van der Waals surface area (Å²) in [5.41, 5.74) is 2.68. The second-order valence-corrected chi connectivity index (χ2v) is 4.74. The van der Waals surface area contributed by atoms with Crippen LogP contribution in [0.2, 0.25) is 0 Å². The van der Waals surface area contributed by atoms with Crippen LogP contribution in [0.4, 0.5) is 4.39 Å². The molecule has 0 radical (unpaired) electrons. The Hall–Kier alpha value is -2.76. The van der Waals surface area contributed by atoms with Crippen LogP contribution in [0, 0.1) is 5.82 Å². The SMILES string of the molecule is C=N/C(=C(\NCCC)c1ccnc(OC)n1)c1ccc(F)cc1. The molecule has 23 heavy (non-hydrogen) atoms. The van der Waals surface area contributed by atoms with E-state index in [9.17, 15) is 4.39 Å². The third-order valence-electron chi connectivity index (χ3n) is 3.14. The normalized spacial score (nSPS) is 11.6. The van der Waals surface area contributed by atoms with Gasteiger partial charge in [0, 0.05) is 18.3 Å². The molecule has 5 nitrogen and oxygen atoms in total. The molecule has 0 bridgehead atoms. The van der Waals surface area contributed by atoms with Crippen molar-refractivity contribution in [2.24, 2.45) is 4.99 Å². The zero-order valence-corrected chi connectivity index (χ0v) is 13.2. The summed E-state index contributed by atoms with van der Waals surface area (Å²) in [5, 5.41) is 3.31. The van der Waals surface area contributed by atoms with Crippen LogP contribution in [-0.4, -0.2) is 30.3 Å². The number of benzene rings is 1. The Bertz CT molecular complexity index is 698. The number of methoxy groups -OCH3 is 1. The minimum atomic E-state index is -0.302. The summed E-state index contributed by atoms with van der Waals surface area (Å²) in [7, 11) is 1.51. The number of halogens is 1. The van der Waals surface area contributed by atoms with Crippen LogP contribution in [-0.2, 0) is 0 Å². The average molecular weight is 314 g/mol. The lowest BCUT2D eigenvalue weighted by Crippen LogP contribution is -2.16. The van der Waals surface area contributed by atoms with Gasteiger partial charge < -0.3 is 10.1 Å². The first kappa shape index (κ1) is 16.6. The zero-order chi connectivity index (χ0) is 16.7. The van der Waals surface area contributed by atoms with Crippen molar-refractivity contribution in [2.45, 2.75) is 13.3 Å². The van der Waals surface area contributed by atoms with Crippen LogP contribution in [0.15, 0.2) is 41.5 Å². The van der Waals surface area contributed by atoms with Crippen LogP contribution < -0.4 is 10.1 Å². The van der Waals surface area contributed by atoms with Gasteiger partial charge in [-0.15, -0.1) is 0 Å². The van der Waals surface area contributed by atoms with Gasteiger partial charge in [-0.2, -0.15) is 4.98 Å². The predicted octanol–water partition coefficient (Wildman–Crippen LogP) is 3.15. The van der Waals surface area contributed by atoms with E-state index in [1.54, 1.807) is 24.4 Å². The molecule has 1 heterocycles. The van der Waals surface area contributed by atoms with Gasteiger partial charge in [-0.05, 0) is 43.5 Å². The Morgan fingerprint density at radius 2 is 2.04 bits per heavy atom. The average Bonchev–Trinajstić information content (AvgIpc) is 2.60. The third kappa shape index (κ3) is 4.12. The minimum absolute atomic E-state index is 0.265.